The van der Waals surface area contributed by atoms with Crippen molar-refractivity contribution < 1.29 is 9.90 Å². The first-order valence-electron chi connectivity index (χ1n) is 7.47. The number of halogens is 1. The molecule has 0 aliphatic heterocycles. The summed E-state index contributed by atoms with van der Waals surface area (Å²) in [5.74, 6) is -0.859. The van der Waals surface area contributed by atoms with E-state index in [2.05, 4.69) is 10.1 Å². The zero-order valence-corrected chi connectivity index (χ0v) is 13.2. The van der Waals surface area contributed by atoms with E-state index in [0.717, 1.165) is 17.0 Å². The highest BCUT2D eigenvalue weighted by Crippen LogP contribution is 2.34. The van der Waals surface area contributed by atoms with E-state index in [9.17, 15) is 9.90 Å². The highest BCUT2D eigenvalue weighted by molar-refractivity contribution is 6.31. The molecule has 2 aromatic heterocycles. The van der Waals surface area contributed by atoms with E-state index >= 15 is 0 Å². The molecule has 1 N–H and O–H groups in total. The van der Waals surface area contributed by atoms with Crippen LogP contribution in [0.4, 0.5) is 0 Å². The largest absolute Gasteiger partial charge is 0.479 e. The van der Waals surface area contributed by atoms with E-state index in [0.29, 0.717) is 37.1 Å². The molecule has 1 aliphatic carbocycles. The van der Waals surface area contributed by atoms with Crippen LogP contribution >= 0.6 is 11.6 Å². The van der Waals surface area contributed by atoms with Gasteiger partial charge in [0.15, 0.2) is 5.54 Å². The fraction of sp³-hybridized carbons (Fsp3) is 0.438. The summed E-state index contributed by atoms with van der Waals surface area (Å²) in [7, 11) is 0. The molecule has 0 spiro atoms. The molecule has 2 heterocycles. The molecule has 6 heteroatoms. The van der Waals surface area contributed by atoms with Crippen molar-refractivity contribution in [2.75, 3.05) is 0 Å². The summed E-state index contributed by atoms with van der Waals surface area (Å²) in [6.07, 6.45) is 6.35. The van der Waals surface area contributed by atoms with Crippen molar-refractivity contribution in [2.24, 2.45) is 0 Å². The summed E-state index contributed by atoms with van der Waals surface area (Å²) in [5, 5.41) is 14.9. The van der Waals surface area contributed by atoms with Gasteiger partial charge >= 0.3 is 5.97 Å². The average molecular weight is 320 g/mol. The number of aryl methyl sites for hydroxylation is 3. The minimum atomic E-state index is -1.06. The van der Waals surface area contributed by atoms with Crippen molar-refractivity contribution in [3.63, 3.8) is 0 Å². The number of fused-ring (bicyclic) bond motifs is 1. The van der Waals surface area contributed by atoms with Gasteiger partial charge in [0.25, 0.3) is 0 Å². The van der Waals surface area contributed by atoms with E-state index in [1.165, 1.54) is 0 Å². The summed E-state index contributed by atoms with van der Waals surface area (Å²) >= 11 is 6.17. The monoisotopic (exact) mass is 319 g/mol. The number of carboxylic acids is 1. The number of carboxylic acid groups (broad SMARTS) is 1. The Hall–Kier alpha value is -1.88. The summed E-state index contributed by atoms with van der Waals surface area (Å²) in [6.45, 7) is 1.96. The van der Waals surface area contributed by atoms with Crippen LogP contribution in [-0.2, 0) is 29.6 Å². The minimum Gasteiger partial charge on any atom is -0.479 e. The summed E-state index contributed by atoms with van der Waals surface area (Å²) in [6, 6.07) is 3.92. The summed E-state index contributed by atoms with van der Waals surface area (Å²) in [5.41, 5.74) is 1.79. The Kier molecular flexibility index (Phi) is 3.91. The molecule has 0 amide bonds. The van der Waals surface area contributed by atoms with Crippen molar-refractivity contribution >= 4 is 17.6 Å². The Morgan fingerprint density at radius 1 is 1.45 bits per heavy atom. The molecule has 2 aromatic rings. The van der Waals surface area contributed by atoms with Gasteiger partial charge < -0.3 is 5.11 Å². The van der Waals surface area contributed by atoms with E-state index in [-0.39, 0.29) is 0 Å². The molecule has 116 valence electrons. The van der Waals surface area contributed by atoms with Crippen LogP contribution in [0.15, 0.2) is 24.5 Å². The standard InChI is InChI=1S/C16H18ClN3O2/c1-2-13-12(17)10-20(19-13)16(15(21)22)7-5-11-4-3-9-18-14(11)6-8-16/h3-4,9-10H,2,5-8H2,1H3,(H,21,22). The molecule has 3 rings (SSSR count). The Morgan fingerprint density at radius 2 is 2.23 bits per heavy atom. The molecule has 1 aliphatic rings. The van der Waals surface area contributed by atoms with E-state index in [4.69, 9.17) is 11.6 Å². The van der Waals surface area contributed by atoms with Gasteiger partial charge in [-0.3, -0.25) is 9.67 Å². The molecule has 0 saturated carbocycles. The van der Waals surface area contributed by atoms with Gasteiger partial charge in [0.2, 0.25) is 0 Å². The van der Waals surface area contributed by atoms with Crippen molar-refractivity contribution in [2.45, 2.75) is 44.6 Å². The Balaban J connectivity index is 2.02. The van der Waals surface area contributed by atoms with E-state index in [1.807, 2.05) is 19.1 Å². The second kappa shape index (κ2) is 5.72. The van der Waals surface area contributed by atoms with Crippen LogP contribution in [0.25, 0.3) is 0 Å². The Morgan fingerprint density at radius 3 is 2.91 bits per heavy atom. The van der Waals surface area contributed by atoms with Gasteiger partial charge in [0.05, 0.1) is 10.7 Å². The second-order valence-electron chi connectivity index (χ2n) is 5.67. The number of aromatic nitrogens is 3. The third-order valence-corrected chi connectivity index (χ3v) is 4.79. The number of pyridine rings is 1. The lowest BCUT2D eigenvalue weighted by molar-refractivity contribution is -0.149. The lowest BCUT2D eigenvalue weighted by Crippen LogP contribution is -2.42. The van der Waals surface area contributed by atoms with Gasteiger partial charge in [-0.1, -0.05) is 24.6 Å². The smallest absolute Gasteiger partial charge is 0.331 e. The van der Waals surface area contributed by atoms with Crippen LogP contribution in [0.5, 0.6) is 0 Å². The predicted molar refractivity (Wildman–Crippen MR) is 83.1 cm³/mol. The van der Waals surface area contributed by atoms with Gasteiger partial charge in [-0.05, 0) is 43.7 Å². The molecule has 22 heavy (non-hydrogen) atoms. The number of rotatable bonds is 3. The summed E-state index contributed by atoms with van der Waals surface area (Å²) < 4.78 is 1.56. The first kappa shape index (κ1) is 15.0. The molecule has 0 radical (unpaired) electrons. The second-order valence-corrected chi connectivity index (χ2v) is 6.08. The summed E-state index contributed by atoms with van der Waals surface area (Å²) in [4.78, 5) is 16.5. The fourth-order valence-corrected chi connectivity index (χ4v) is 3.37. The molecule has 0 saturated heterocycles. The Bertz CT molecular complexity index is 684. The van der Waals surface area contributed by atoms with Gasteiger partial charge in [0, 0.05) is 18.1 Å². The molecule has 0 aromatic carbocycles. The van der Waals surface area contributed by atoms with E-state index in [1.54, 1.807) is 17.1 Å². The molecule has 0 bridgehead atoms. The van der Waals surface area contributed by atoms with Crippen LogP contribution in [0, 0.1) is 0 Å². The van der Waals surface area contributed by atoms with Crippen molar-refractivity contribution in [3.05, 3.63) is 46.5 Å². The fourth-order valence-electron chi connectivity index (χ4n) is 3.10. The maximum absolute atomic E-state index is 12.1. The van der Waals surface area contributed by atoms with Crippen LogP contribution < -0.4 is 0 Å². The van der Waals surface area contributed by atoms with Gasteiger partial charge in [0.1, 0.15) is 0 Å². The Labute approximate surface area is 133 Å². The molecule has 1 atom stereocenters. The van der Waals surface area contributed by atoms with Gasteiger partial charge in [-0.15, -0.1) is 0 Å². The number of carbonyl (C=O) groups is 1. The van der Waals surface area contributed by atoms with Crippen LogP contribution in [0.1, 0.15) is 36.7 Å². The predicted octanol–water partition coefficient (Wildman–Crippen LogP) is 2.85. The maximum atomic E-state index is 12.1. The molecule has 0 fully saturated rings. The van der Waals surface area contributed by atoms with Crippen LogP contribution in [0.3, 0.4) is 0 Å². The molecular formula is C16H18ClN3O2. The number of hydrogen-bond donors (Lipinski definition) is 1. The van der Waals surface area contributed by atoms with Crippen molar-refractivity contribution in [1.29, 1.82) is 0 Å². The zero-order chi connectivity index (χ0) is 15.7. The van der Waals surface area contributed by atoms with Crippen molar-refractivity contribution in [1.82, 2.24) is 14.8 Å². The van der Waals surface area contributed by atoms with Crippen LogP contribution in [-0.4, -0.2) is 25.8 Å². The zero-order valence-electron chi connectivity index (χ0n) is 12.4. The lowest BCUT2D eigenvalue weighted by Gasteiger charge is -2.28. The minimum absolute atomic E-state index is 0.466. The maximum Gasteiger partial charge on any atom is 0.331 e. The number of hydrogen-bond acceptors (Lipinski definition) is 3. The third-order valence-electron chi connectivity index (χ3n) is 4.48. The van der Waals surface area contributed by atoms with Gasteiger partial charge in [-0.2, -0.15) is 5.10 Å². The normalized spacial score (nSPS) is 21.2. The quantitative estimate of drug-likeness (QED) is 0.883. The van der Waals surface area contributed by atoms with E-state index < -0.39 is 11.5 Å². The first-order chi connectivity index (χ1) is 10.6. The highest BCUT2D eigenvalue weighted by atomic mass is 35.5. The van der Waals surface area contributed by atoms with Gasteiger partial charge in [-0.25, -0.2) is 4.79 Å². The molecular weight excluding hydrogens is 302 g/mol. The number of nitrogens with zero attached hydrogens (tertiary/aromatic N) is 3. The third kappa shape index (κ3) is 2.39. The molecule has 1 unspecified atom stereocenters. The number of aliphatic carboxylic acids is 1. The highest BCUT2D eigenvalue weighted by Gasteiger charge is 2.43. The van der Waals surface area contributed by atoms with Crippen molar-refractivity contribution in [3.8, 4) is 0 Å². The SMILES string of the molecule is CCc1nn(C2(C(=O)O)CCc3cccnc3CC2)cc1Cl. The first-order valence-corrected chi connectivity index (χ1v) is 7.85. The lowest BCUT2D eigenvalue weighted by atomic mass is 9.90. The average Bonchev–Trinajstić information content (AvgIpc) is 2.78. The topological polar surface area (TPSA) is 68.0 Å². The molecule has 5 nitrogen and oxygen atoms in total. The van der Waals surface area contributed by atoms with Crippen LogP contribution in [0.2, 0.25) is 5.02 Å².